The number of piperidine rings is 1. The summed E-state index contributed by atoms with van der Waals surface area (Å²) in [6, 6.07) is 10.3. The number of likely N-dealkylation sites (tertiary alicyclic amines) is 1. The van der Waals surface area contributed by atoms with Crippen LogP contribution >= 0.6 is 11.6 Å². The first-order valence-electron chi connectivity index (χ1n) is 6.18. The Morgan fingerprint density at radius 2 is 2.06 bits per heavy atom. The van der Waals surface area contributed by atoms with E-state index in [0.29, 0.717) is 0 Å². The molecule has 1 fully saturated rings. The van der Waals surface area contributed by atoms with Gasteiger partial charge in [-0.3, -0.25) is 9.69 Å². The van der Waals surface area contributed by atoms with Crippen LogP contribution < -0.4 is 0 Å². The summed E-state index contributed by atoms with van der Waals surface area (Å²) >= 11 is 5.68. The van der Waals surface area contributed by atoms with E-state index in [9.17, 15) is 4.79 Å². The van der Waals surface area contributed by atoms with Crippen LogP contribution in [0.2, 0.25) is 0 Å². The average molecular weight is 252 g/mol. The van der Waals surface area contributed by atoms with Gasteiger partial charge in [0, 0.05) is 6.54 Å². The van der Waals surface area contributed by atoms with E-state index in [1.807, 2.05) is 18.2 Å². The summed E-state index contributed by atoms with van der Waals surface area (Å²) in [6.45, 7) is 1.86. The molecule has 1 aromatic carbocycles. The van der Waals surface area contributed by atoms with E-state index in [1.54, 1.807) is 0 Å². The van der Waals surface area contributed by atoms with E-state index in [1.165, 1.54) is 12.0 Å². The van der Waals surface area contributed by atoms with Gasteiger partial charge in [0.05, 0.1) is 11.9 Å². The number of rotatable bonds is 4. The van der Waals surface area contributed by atoms with Crippen molar-refractivity contribution in [1.82, 2.24) is 4.90 Å². The van der Waals surface area contributed by atoms with Crippen LogP contribution in [0.5, 0.6) is 0 Å². The second kappa shape index (κ2) is 6.18. The van der Waals surface area contributed by atoms with Gasteiger partial charge in [-0.25, -0.2) is 0 Å². The molecule has 1 aliphatic heterocycles. The maximum absolute atomic E-state index is 11.8. The Balaban J connectivity index is 2.04. The van der Waals surface area contributed by atoms with Crippen LogP contribution in [0.3, 0.4) is 0 Å². The van der Waals surface area contributed by atoms with Gasteiger partial charge in [-0.05, 0) is 24.9 Å². The predicted octanol–water partition coefficient (Wildman–Crippen LogP) is 2.85. The minimum atomic E-state index is 0.0291. The zero-order valence-electron chi connectivity index (χ0n) is 9.94. The van der Waals surface area contributed by atoms with Crippen molar-refractivity contribution in [3.8, 4) is 0 Å². The molecule has 1 aromatic rings. The second-order valence-electron chi connectivity index (χ2n) is 4.57. The minimum Gasteiger partial charge on any atom is -0.297 e. The lowest BCUT2D eigenvalue weighted by atomic mass is 9.98. The van der Waals surface area contributed by atoms with E-state index in [0.717, 1.165) is 25.9 Å². The van der Waals surface area contributed by atoms with Crippen molar-refractivity contribution in [2.24, 2.45) is 0 Å². The van der Waals surface area contributed by atoms with Crippen LogP contribution in [0.4, 0.5) is 0 Å². The summed E-state index contributed by atoms with van der Waals surface area (Å²) in [5.74, 6) is 0.304. The fourth-order valence-electron chi connectivity index (χ4n) is 2.45. The summed E-state index contributed by atoms with van der Waals surface area (Å²) in [5.41, 5.74) is 1.27. The monoisotopic (exact) mass is 251 g/mol. The highest BCUT2D eigenvalue weighted by atomic mass is 35.5. The molecule has 1 atom stereocenters. The van der Waals surface area contributed by atoms with Gasteiger partial charge in [0.1, 0.15) is 0 Å². The number of benzene rings is 1. The van der Waals surface area contributed by atoms with E-state index in [-0.39, 0.29) is 17.7 Å². The van der Waals surface area contributed by atoms with Gasteiger partial charge in [0.25, 0.3) is 0 Å². The topological polar surface area (TPSA) is 20.3 Å². The van der Waals surface area contributed by atoms with Gasteiger partial charge in [0.15, 0.2) is 5.78 Å². The van der Waals surface area contributed by atoms with E-state index in [4.69, 9.17) is 11.6 Å². The summed E-state index contributed by atoms with van der Waals surface area (Å²) < 4.78 is 0. The highest BCUT2D eigenvalue weighted by molar-refractivity contribution is 6.28. The molecular weight excluding hydrogens is 234 g/mol. The summed E-state index contributed by atoms with van der Waals surface area (Å²) in [7, 11) is 0. The van der Waals surface area contributed by atoms with Gasteiger partial charge in [-0.15, -0.1) is 11.6 Å². The van der Waals surface area contributed by atoms with Crippen LogP contribution in [0.25, 0.3) is 0 Å². The molecule has 0 spiro atoms. The van der Waals surface area contributed by atoms with Gasteiger partial charge < -0.3 is 0 Å². The van der Waals surface area contributed by atoms with Crippen molar-refractivity contribution in [2.75, 3.05) is 12.4 Å². The lowest BCUT2D eigenvalue weighted by Crippen LogP contribution is -2.44. The standard InChI is InChI=1S/C14H18ClNO/c15-10-14(17)13-8-4-5-9-16(13)11-12-6-2-1-3-7-12/h1-3,6-7,13H,4-5,8-11H2. The SMILES string of the molecule is O=C(CCl)C1CCCCN1Cc1ccccc1. The summed E-state index contributed by atoms with van der Waals surface area (Å²) in [6.07, 6.45) is 3.27. The first kappa shape index (κ1) is 12.6. The molecule has 1 unspecified atom stereocenters. The fraction of sp³-hybridized carbons (Fsp3) is 0.500. The average Bonchev–Trinajstić information content (AvgIpc) is 2.40. The molecular formula is C14H18ClNO. The molecule has 0 aliphatic carbocycles. The normalized spacial score (nSPS) is 21.4. The second-order valence-corrected chi connectivity index (χ2v) is 4.83. The molecule has 0 N–H and O–H groups in total. The van der Waals surface area contributed by atoms with E-state index >= 15 is 0 Å². The number of carbonyl (C=O) groups is 1. The number of ketones is 1. The smallest absolute Gasteiger partial charge is 0.164 e. The minimum absolute atomic E-state index is 0.0291. The van der Waals surface area contributed by atoms with Crippen molar-refractivity contribution in [2.45, 2.75) is 31.8 Å². The van der Waals surface area contributed by atoms with Crippen molar-refractivity contribution in [1.29, 1.82) is 0 Å². The highest BCUT2D eigenvalue weighted by Gasteiger charge is 2.27. The third kappa shape index (κ3) is 3.30. The number of hydrogen-bond donors (Lipinski definition) is 0. The molecule has 1 heterocycles. The van der Waals surface area contributed by atoms with Gasteiger partial charge in [-0.1, -0.05) is 36.8 Å². The number of alkyl halides is 1. The number of Topliss-reactive ketones (excluding diaryl/α,β-unsaturated/α-hetero) is 1. The fourth-order valence-corrected chi connectivity index (χ4v) is 2.63. The highest BCUT2D eigenvalue weighted by Crippen LogP contribution is 2.20. The van der Waals surface area contributed by atoms with Crippen molar-refractivity contribution in [3.05, 3.63) is 35.9 Å². The van der Waals surface area contributed by atoms with Gasteiger partial charge >= 0.3 is 0 Å². The quantitative estimate of drug-likeness (QED) is 0.767. The van der Waals surface area contributed by atoms with Crippen molar-refractivity contribution in [3.63, 3.8) is 0 Å². The molecule has 2 nitrogen and oxygen atoms in total. The van der Waals surface area contributed by atoms with Gasteiger partial charge in [0.2, 0.25) is 0 Å². The Hall–Kier alpha value is -0.860. The van der Waals surface area contributed by atoms with Crippen molar-refractivity contribution < 1.29 is 4.79 Å². The molecule has 0 bridgehead atoms. The number of nitrogens with zero attached hydrogens (tertiary/aromatic N) is 1. The third-order valence-electron chi connectivity index (χ3n) is 3.35. The third-order valence-corrected chi connectivity index (χ3v) is 3.61. The van der Waals surface area contributed by atoms with Crippen molar-refractivity contribution >= 4 is 17.4 Å². The molecule has 0 aromatic heterocycles. The van der Waals surface area contributed by atoms with Crippen LogP contribution in [-0.2, 0) is 11.3 Å². The Kier molecular flexibility index (Phi) is 4.57. The Morgan fingerprint density at radius 1 is 1.29 bits per heavy atom. The molecule has 1 saturated heterocycles. The first-order valence-corrected chi connectivity index (χ1v) is 6.71. The van der Waals surface area contributed by atoms with Crippen LogP contribution in [-0.4, -0.2) is 29.1 Å². The Morgan fingerprint density at radius 3 is 2.76 bits per heavy atom. The molecule has 0 radical (unpaired) electrons. The van der Waals surface area contributed by atoms with E-state index in [2.05, 4.69) is 17.0 Å². The van der Waals surface area contributed by atoms with E-state index < -0.39 is 0 Å². The van der Waals surface area contributed by atoms with Crippen LogP contribution in [0.1, 0.15) is 24.8 Å². The Labute approximate surface area is 108 Å². The molecule has 0 saturated carbocycles. The number of halogens is 1. The first-order chi connectivity index (χ1) is 8.31. The molecule has 2 rings (SSSR count). The molecule has 1 aliphatic rings. The zero-order chi connectivity index (χ0) is 12.1. The molecule has 3 heteroatoms. The van der Waals surface area contributed by atoms with Crippen LogP contribution in [0, 0.1) is 0 Å². The van der Waals surface area contributed by atoms with Gasteiger partial charge in [-0.2, -0.15) is 0 Å². The largest absolute Gasteiger partial charge is 0.297 e. The zero-order valence-corrected chi connectivity index (χ0v) is 10.7. The number of hydrogen-bond acceptors (Lipinski definition) is 2. The number of carbonyl (C=O) groups excluding carboxylic acids is 1. The lowest BCUT2D eigenvalue weighted by molar-refractivity contribution is -0.123. The molecule has 0 amide bonds. The molecule has 92 valence electrons. The predicted molar refractivity (Wildman–Crippen MR) is 70.2 cm³/mol. The Bertz CT molecular complexity index is 366. The summed E-state index contributed by atoms with van der Waals surface area (Å²) in [4.78, 5) is 14.1. The van der Waals surface area contributed by atoms with Crippen LogP contribution in [0.15, 0.2) is 30.3 Å². The molecule has 17 heavy (non-hydrogen) atoms. The lowest BCUT2D eigenvalue weighted by Gasteiger charge is -2.34. The maximum Gasteiger partial charge on any atom is 0.164 e. The summed E-state index contributed by atoms with van der Waals surface area (Å²) in [5, 5.41) is 0. The maximum atomic E-state index is 11.8.